The minimum atomic E-state index is -0.102. The topological polar surface area (TPSA) is 56.1 Å². The molecule has 2 heterocycles. The molecule has 0 unspecified atom stereocenters. The van der Waals surface area contributed by atoms with Crippen LogP contribution in [0.1, 0.15) is 16.1 Å². The Bertz CT molecular complexity index is 809. The van der Waals surface area contributed by atoms with E-state index >= 15 is 0 Å². The maximum atomic E-state index is 12.4. The molecule has 0 radical (unpaired) electrons. The van der Waals surface area contributed by atoms with E-state index in [0.29, 0.717) is 12.2 Å². The highest BCUT2D eigenvalue weighted by Gasteiger charge is 2.13. The first-order chi connectivity index (χ1) is 10.7. The Morgan fingerprint density at radius 2 is 2.00 bits per heavy atom. The lowest BCUT2D eigenvalue weighted by atomic mass is 10.2. The van der Waals surface area contributed by atoms with Gasteiger partial charge in [-0.05, 0) is 35.9 Å². The van der Waals surface area contributed by atoms with Crippen molar-refractivity contribution < 1.29 is 9.53 Å². The number of aromatic nitrogens is 2. The second kappa shape index (κ2) is 5.89. The van der Waals surface area contributed by atoms with E-state index in [2.05, 4.69) is 10.3 Å². The van der Waals surface area contributed by atoms with Crippen LogP contribution in [-0.2, 0) is 13.6 Å². The predicted octanol–water partition coefficient (Wildman–Crippen LogP) is 2.51. The van der Waals surface area contributed by atoms with E-state index in [1.165, 1.54) is 0 Å². The van der Waals surface area contributed by atoms with E-state index in [0.717, 1.165) is 22.2 Å². The third-order valence-electron chi connectivity index (χ3n) is 3.69. The molecular formula is C17H17N3O2. The minimum Gasteiger partial charge on any atom is -0.497 e. The molecule has 0 bridgehead atoms. The third kappa shape index (κ3) is 2.65. The molecule has 0 aliphatic heterocycles. The number of amides is 1. The van der Waals surface area contributed by atoms with Gasteiger partial charge < -0.3 is 14.6 Å². The fourth-order valence-corrected chi connectivity index (χ4v) is 2.43. The van der Waals surface area contributed by atoms with Crippen molar-refractivity contribution >= 4 is 16.8 Å². The van der Waals surface area contributed by atoms with Crippen LogP contribution in [-0.4, -0.2) is 22.6 Å². The standard InChI is InChI=1S/C17H17N3O2/c1-20-15-10-14(22-2)4-3-13(15)9-16(20)17(21)19-11-12-5-7-18-8-6-12/h3-10H,11H2,1-2H3,(H,19,21). The van der Waals surface area contributed by atoms with Crippen molar-refractivity contribution in [3.8, 4) is 5.75 Å². The fraction of sp³-hybridized carbons (Fsp3) is 0.176. The van der Waals surface area contributed by atoms with E-state index in [1.54, 1.807) is 19.5 Å². The maximum absolute atomic E-state index is 12.4. The van der Waals surface area contributed by atoms with E-state index in [-0.39, 0.29) is 5.91 Å². The molecule has 1 amide bonds. The molecule has 3 rings (SSSR count). The number of nitrogens with one attached hydrogen (secondary N) is 1. The van der Waals surface area contributed by atoms with Crippen molar-refractivity contribution in [2.45, 2.75) is 6.54 Å². The molecule has 1 N–H and O–H groups in total. The summed E-state index contributed by atoms with van der Waals surface area (Å²) in [6, 6.07) is 11.4. The summed E-state index contributed by atoms with van der Waals surface area (Å²) >= 11 is 0. The molecule has 5 heteroatoms. The minimum absolute atomic E-state index is 0.102. The number of benzene rings is 1. The highest BCUT2D eigenvalue weighted by atomic mass is 16.5. The van der Waals surface area contributed by atoms with Gasteiger partial charge in [0.05, 0.1) is 12.6 Å². The molecule has 0 aliphatic rings. The largest absolute Gasteiger partial charge is 0.497 e. The number of methoxy groups -OCH3 is 1. The number of aryl methyl sites for hydroxylation is 1. The predicted molar refractivity (Wildman–Crippen MR) is 84.9 cm³/mol. The Labute approximate surface area is 128 Å². The number of hydrogen-bond acceptors (Lipinski definition) is 3. The van der Waals surface area contributed by atoms with Gasteiger partial charge in [0, 0.05) is 37.4 Å². The molecule has 0 saturated carbocycles. The van der Waals surface area contributed by atoms with E-state index in [4.69, 9.17) is 4.74 Å². The van der Waals surface area contributed by atoms with Crippen LogP contribution in [0.4, 0.5) is 0 Å². The van der Waals surface area contributed by atoms with Gasteiger partial charge in [0.2, 0.25) is 0 Å². The number of pyridine rings is 1. The number of carbonyl (C=O) groups is 1. The monoisotopic (exact) mass is 295 g/mol. The first kappa shape index (κ1) is 14.1. The number of nitrogens with zero attached hydrogens (tertiary/aromatic N) is 2. The first-order valence-electron chi connectivity index (χ1n) is 6.99. The van der Waals surface area contributed by atoms with Crippen molar-refractivity contribution in [3.63, 3.8) is 0 Å². The Kier molecular flexibility index (Phi) is 3.78. The first-order valence-corrected chi connectivity index (χ1v) is 6.99. The summed E-state index contributed by atoms with van der Waals surface area (Å²) in [4.78, 5) is 16.3. The number of fused-ring (bicyclic) bond motifs is 1. The SMILES string of the molecule is COc1ccc2cc(C(=O)NCc3ccncc3)n(C)c2c1. The van der Waals surface area contributed by atoms with Crippen LogP contribution in [0.15, 0.2) is 48.8 Å². The molecule has 5 nitrogen and oxygen atoms in total. The Balaban J connectivity index is 1.83. The molecule has 0 atom stereocenters. The van der Waals surface area contributed by atoms with Crippen molar-refractivity contribution in [1.82, 2.24) is 14.9 Å². The lowest BCUT2D eigenvalue weighted by molar-refractivity contribution is 0.0943. The van der Waals surface area contributed by atoms with Gasteiger partial charge in [0.1, 0.15) is 11.4 Å². The van der Waals surface area contributed by atoms with Crippen LogP contribution in [0.25, 0.3) is 10.9 Å². The van der Waals surface area contributed by atoms with Gasteiger partial charge in [0.25, 0.3) is 5.91 Å². The molecule has 22 heavy (non-hydrogen) atoms. The molecule has 0 saturated heterocycles. The van der Waals surface area contributed by atoms with Crippen LogP contribution >= 0.6 is 0 Å². The van der Waals surface area contributed by atoms with Crippen LogP contribution < -0.4 is 10.1 Å². The normalized spacial score (nSPS) is 10.6. The molecule has 1 aromatic carbocycles. The lowest BCUT2D eigenvalue weighted by Gasteiger charge is -2.07. The fourth-order valence-electron chi connectivity index (χ4n) is 2.43. The molecule has 2 aromatic heterocycles. The summed E-state index contributed by atoms with van der Waals surface area (Å²) in [5.74, 6) is 0.673. The number of rotatable bonds is 4. The summed E-state index contributed by atoms with van der Waals surface area (Å²) in [5.41, 5.74) is 2.61. The second-order valence-corrected chi connectivity index (χ2v) is 5.05. The van der Waals surface area contributed by atoms with Gasteiger partial charge in [-0.3, -0.25) is 9.78 Å². The van der Waals surface area contributed by atoms with Crippen LogP contribution in [0.2, 0.25) is 0 Å². The number of carbonyl (C=O) groups excluding carboxylic acids is 1. The molecule has 0 aliphatic carbocycles. The van der Waals surface area contributed by atoms with Gasteiger partial charge >= 0.3 is 0 Å². The van der Waals surface area contributed by atoms with Crippen molar-refractivity contribution in [1.29, 1.82) is 0 Å². The van der Waals surface area contributed by atoms with E-state index < -0.39 is 0 Å². The molecule has 3 aromatic rings. The van der Waals surface area contributed by atoms with Gasteiger partial charge in [-0.2, -0.15) is 0 Å². The molecule has 112 valence electrons. The quantitative estimate of drug-likeness (QED) is 0.804. The number of ether oxygens (including phenoxy) is 1. The number of hydrogen-bond donors (Lipinski definition) is 1. The van der Waals surface area contributed by atoms with Crippen LogP contribution in [0.3, 0.4) is 0 Å². The van der Waals surface area contributed by atoms with Crippen LogP contribution in [0.5, 0.6) is 5.75 Å². The summed E-state index contributed by atoms with van der Waals surface area (Å²) in [6.07, 6.45) is 3.43. The summed E-state index contributed by atoms with van der Waals surface area (Å²) < 4.78 is 7.11. The summed E-state index contributed by atoms with van der Waals surface area (Å²) in [5, 5.41) is 3.94. The zero-order valence-electron chi connectivity index (χ0n) is 12.5. The molecule has 0 fully saturated rings. The average molecular weight is 295 g/mol. The zero-order chi connectivity index (χ0) is 15.5. The smallest absolute Gasteiger partial charge is 0.268 e. The molecule has 0 spiro atoms. The zero-order valence-corrected chi connectivity index (χ0v) is 12.5. The molecular weight excluding hydrogens is 278 g/mol. The van der Waals surface area contributed by atoms with Crippen molar-refractivity contribution in [2.24, 2.45) is 7.05 Å². The highest BCUT2D eigenvalue weighted by Crippen LogP contribution is 2.23. The highest BCUT2D eigenvalue weighted by molar-refractivity contribution is 5.98. The Morgan fingerprint density at radius 1 is 1.23 bits per heavy atom. The lowest BCUT2D eigenvalue weighted by Crippen LogP contribution is -2.24. The van der Waals surface area contributed by atoms with Gasteiger partial charge in [-0.15, -0.1) is 0 Å². The van der Waals surface area contributed by atoms with Crippen LogP contribution in [0, 0.1) is 0 Å². The Morgan fingerprint density at radius 3 is 2.73 bits per heavy atom. The van der Waals surface area contributed by atoms with E-state index in [9.17, 15) is 4.79 Å². The average Bonchev–Trinajstić information content (AvgIpc) is 2.90. The maximum Gasteiger partial charge on any atom is 0.268 e. The van der Waals surface area contributed by atoms with Gasteiger partial charge in [-0.1, -0.05) is 0 Å². The summed E-state index contributed by atoms with van der Waals surface area (Å²) in [6.45, 7) is 0.478. The Hall–Kier alpha value is -2.82. The van der Waals surface area contributed by atoms with Crippen molar-refractivity contribution in [2.75, 3.05) is 7.11 Å². The van der Waals surface area contributed by atoms with Gasteiger partial charge in [0.15, 0.2) is 0 Å². The third-order valence-corrected chi connectivity index (χ3v) is 3.69. The van der Waals surface area contributed by atoms with E-state index in [1.807, 2.05) is 48.0 Å². The van der Waals surface area contributed by atoms with Crippen molar-refractivity contribution in [3.05, 3.63) is 60.0 Å². The van der Waals surface area contributed by atoms with Gasteiger partial charge in [-0.25, -0.2) is 0 Å². The second-order valence-electron chi connectivity index (χ2n) is 5.05. The summed E-state index contributed by atoms with van der Waals surface area (Å²) in [7, 11) is 3.51.